The Kier molecular flexibility index (Phi) is 3.67. The lowest BCUT2D eigenvalue weighted by Crippen LogP contribution is -2.06. The van der Waals surface area contributed by atoms with Gasteiger partial charge in [0.05, 0.1) is 16.8 Å². The number of hydrogen-bond donors (Lipinski definition) is 1. The molecule has 0 saturated carbocycles. The van der Waals surface area contributed by atoms with Gasteiger partial charge < -0.3 is 5.11 Å². The predicted molar refractivity (Wildman–Crippen MR) is 66.3 cm³/mol. The van der Waals surface area contributed by atoms with Crippen LogP contribution in [0.25, 0.3) is 11.1 Å². The summed E-state index contributed by atoms with van der Waals surface area (Å²) in [5.41, 5.74) is -1.05. The maximum absolute atomic E-state index is 13.8. The van der Waals surface area contributed by atoms with Gasteiger partial charge in [-0.1, -0.05) is 6.07 Å². The second-order valence-electron chi connectivity index (χ2n) is 4.35. The van der Waals surface area contributed by atoms with Crippen LogP contribution in [0.15, 0.2) is 30.5 Å². The summed E-state index contributed by atoms with van der Waals surface area (Å²) in [5, 5.41) is 8.97. The van der Waals surface area contributed by atoms with Gasteiger partial charge in [-0.05, 0) is 25.1 Å². The molecular weight excluding hydrogens is 290 g/mol. The van der Waals surface area contributed by atoms with Crippen molar-refractivity contribution in [3.63, 3.8) is 0 Å². The third-order valence-electron chi connectivity index (χ3n) is 2.92. The standard InChI is InChI=1S/C14H9F4NO2/c1-7-11(13(20)21)4-8(6-19-7)10-3-2-9(5-12(10)15)14(16,17)18/h2-6H,1H3,(H,20,21). The van der Waals surface area contributed by atoms with Crippen molar-refractivity contribution >= 4 is 5.97 Å². The fraction of sp³-hybridized carbons (Fsp3) is 0.143. The molecule has 1 heterocycles. The molecule has 0 atom stereocenters. The smallest absolute Gasteiger partial charge is 0.416 e. The first-order valence-corrected chi connectivity index (χ1v) is 5.77. The summed E-state index contributed by atoms with van der Waals surface area (Å²) in [4.78, 5) is 14.8. The van der Waals surface area contributed by atoms with Crippen molar-refractivity contribution in [1.29, 1.82) is 0 Å². The number of benzene rings is 1. The molecule has 0 amide bonds. The fourth-order valence-corrected chi connectivity index (χ4v) is 1.82. The summed E-state index contributed by atoms with van der Waals surface area (Å²) in [6, 6.07) is 3.24. The van der Waals surface area contributed by atoms with Crippen molar-refractivity contribution in [2.75, 3.05) is 0 Å². The van der Waals surface area contributed by atoms with Crippen LogP contribution in [-0.4, -0.2) is 16.1 Å². The van der Waals surface area contributed by atoms with E-state index in [2.05, 4.69) is 4.98 Å². The van der Waals surface area contributed by atoms with Gasteiger partial charge in [-0.25, -0.2) is 9.18 Å². The van der Waals surface area contributed by atoms with Crippen LogP contribution in [0.3, 0.4) is 0 Å². The molecule has 1 N–H and O–H groups in total. The number of halogens is 4. The van der Waals surface area contributed by atoms with Crippen molar-refractivity contribution in [3.05, 3.63) is 53.1 Å². The Morgan fingerprint density at radius 1 is 1.24 bits per heavy atom. The molecule has 0 spiro atoms. The number of rotatable bonds is 2. The number of carbonyl (C=O) groups is 1. The molecule has 2 rings (SSSR count). The SMILES string of the molecule is Cc1ncc(-c2ccc(C(F)(F)F)cc2F)cc1C(=O)O. The molecule has 1 aromatic heterocycles. The van der Waals surface area contributed by atoms with E-state index in [1.807, 2.05) is 0 Å². The van der Waals surface area contributed by atoms with E-state index in [9.17, 15) is 22.4 Å². The van der Waals surface area contributed by atoms with Gasteiger partial charge in [0.1, 0.15) is 5.82 Å². The zero-order valence-electron chi connectivity index (χ0n) is 10.7. The third kappa shape index (κ3) is 3.01. The molecule has 110 valence electrons. The Morgan fingerprint density at radius 2 is 1.90 bits per heavy atom. The van der Waals surface area contributed by atoms with Gasteiger partial charge in [-0.3, -0.25) is 4.98 Å². The minimum Gasteiger partial charge on any atom is -0.478 e. The summed E-state index contributed by atoms with van der Waals surface area (Å²) < 4.78 is 51.2. The van der Waals surface area contributed by atoms with Gasteiger partial charge in [0, 0.05) is 17.3 Å². The molecule has 1 aromatic carbocycles. The highest BCUT2D eigenvalue weighted by Crippen LogP contribution is 2.32. The molecule has 0 fully saturated rings. The Bertz CT molecular complexity index is 711. The second-order valence-corrected chi connectivity index (χ2v) is 4.35. The highest BCUT2D eigenvalue weighted by molar-refractivity contribution is 5.90. The molecule has 0 saturated heterocycles. The van der Waals surface area contributed by atoms with E-state index in [-0.39, 0.29) is 22.4 Å². The van der Waals surface area contributed by atoms with Gasteiger partial charge in [0.25, 0.3) is 0 Å². The van der Waals surface area contributed by atoms with E-state index >= 15 is 0 Å². The van der Waals surface area contributed by atoms with E-state index in [4.69, 9.17) is 5.11 Å². The summed E-state index contributed by atoms with van der Waals surface area (Å²) in [6.07, 6.45) is -3.43. The van der Waals surface area contributed by atoms with Crippen molar-refractivity contribution in [2.24, 2.45) is 0 Å². The molecule has 21 heavy (non-hydrogen) atoms. The number of pyridine rings is 1. The molecule has 0 bridgehead atoms. The van der Waals surface area contributed by atoms with Crippen molar-refractivity contribution in [3.8, 4) is 11.1 Å². The molecule has 0 unspecified atom stereocenters. The average Bonchev–Trinajstić information content (AvgIpc) is 2.38. The molecule has 0 aliphatic rings. The lowest BCUT2D eigenvalue weighted by atomic mass is 10.0. The average molecular weight is 299 g/mol. The van der Waals surface area contributed by atoms with Crippen LogP contribution >= 0.6 is 0 Å². The molecule has 3 nitrogen and oxygen atoms in total. The molecule has 0 aliphatic heterocycles. The number of aryl methyl sites for hydroxylation is 1. The van der Waals surface area contributed by atoms with Crippen LogP contribution in [0.5, 0.6) is 0 Å². The van der Waals surface area contributed by atoms with Crippen molar-refractivity contribution in [2.45, 2.75) is 13.1 Å². The number of hydrogen-bond acceptors (Lipinski definition) is 2. The molecule has 7 heteroatoms. The number of nitrogens with zero attached hydrogens (tertiary/aromatic N) is 1. The van der Waals surface area contributed by atoms with Gasteiger partial charge >= 0.3 is 12.1 Å². The topological polar surface area (TPSA) is 50.2 Å². The van der Waals surface area contributed by atoms with Gasteiger partial charge in [-0.2, -0.15) is 13.2 Å². The first kappa shape index (κ1) is 15.0. The maximum atomic E-state index is 13.8. The van der Waals surface area contributed by atoms with Crippen LogP contribution in [0.1, 0.15) is 21.6 Å². The molecule has 2 aromatic rings. The fourth-order valence-electron chi connectivity index (χ4n) is 1.82. The molecule has 0 radical (unpaired) electrons. The monoisotopic (exact) mass is 299 g/mol. The maximum Gasteiger partial charge on any atom is 0.416 e. The summed E-state index contributed by atoms with van der Waals surface area (Å²) in [6.45, 7) is 1.47. The zero-order chi connectivity index (χ0) is 15.8. The highest BCUT2D eigenvalue weighted by Gasteiger charge is 2.31. The number of carboxylic acids is 1. The van der Waals surface area contributed by atoms with E-state index in [1.165, 1.54) is 19.2 Å². The Morgan fingerprint density at radius 3 is 2.43 bits per heavy atom. The third-order valence-corrected chi connectivity index (χ3v) is 2.92. The van der Waals surface area contributed by atoms with E-state index in [0.717, 1.165) is 12.1 Å². The second kappa shape index (κ2) is 5.16. The first-order valence-electron chi connectivity index (χ1n) is 5.77. The lowest BCUT2D eigenvalue weighted by Gasteiger charge is -2.10. The van der Waals surface area contributed by atoms with Crippen LogP contribution in [0, 0.1) is 12.7 Å². The van der Waals surface area contributed by atoms with Crippen LogP contribution in [0.2, 0.25) is 0 Å². The lowest BCUT2D eigenvalue weighted by molar-refractivity contribution is -0.137. The minimum atomic E-state index is -4.64. The van der Waals surface area contributed by atoms with Crippen molar-refractivity contribution < 1.29 is 27.5 Å². The van der Waals surface area contributed by atoms with Crippen molar-refractivity contribution in [1.82, 2.24) is 4.98 Å². The number of aromatic nitrogens is 1. The van der Waals surface area contributed by atoms with E-state index in [0.29, 0.717) is 6.07 Å². The summed E-state index contributed by atoms with van der Waals surface area (Å²) >= 11 is 0. The zero-order valence-corrected chi connectivity index (χ0v) is 10.7. The number of carboxylic acid groups (broad SMARTS) is 1. The van der Waals surface area contributed by atoms with Gasteiger partial charge in [-0.15, -0.1) is 0 Å². The van der Waals surface area contributed by atoms with E-state index in [1.54, 1.807) is 0 Å². The van der Waals surface area contributed by atoms with Crippen LogP contribution in [-0.2, 0) is 6.18 Å². The first-order chi connectivity index (χ1) is 9.70. The van der Waals surface area contributed by atoms with Crippen LogP contribution < -0.4 is 0 Å². The quantitative estimate of drug-likeness (QED) is 0.855. The Labute approximate surface area is 116 Å². The normalized spacial score (nSPS) is 11.5. The molecular formula is C14H9F4NO2. The number of aromatic carboxylic acids is 1. The van der Waals surface area contributed by atoms with Gasteiger partial charge in [0.2, 0.25) is 0 Å². The van der Waals surface area contributed by atoms with E-state index < -0.39 is 23.5 Å². The predicted octanol–water partition coefficient (Wildman–Crippen LogP) is 3.91. The molecule has 0 aliphatic carbocycles. The Balaban J connectivity index is 2.53. The highest BCUT2D eigenvalue weighted by atomic mass is 19.4. The largest absolute Gasteiger partial charge is 0.478 e. The summed E-state index contributed by atoms with van der Waals surface area (Å²) in [7, 11) is 0. The Hall–Kier alpha value is -2.44. The minimum absolute atomic E-state index is 0.101. The number of alkyl halides is 3. The summed E-state index contributed by atoms with van der Waals surface area (Å²) in [5.74, 6) is -2.33. The van der Waals surface area contributed by atoms with Gasteiger partial charge in [0.15, 0.2) is 0 Å². The van der Waals surface area contributed by atoms with Crippen LogP contribution in [0.4, 0.5) is 17.6 Å².